The number of amides is 2. The molecule has 1 aromatic heterocycles. The van der Waals surface area contributed by atoms with E-state index < -0.39 is 17.9 Å². The van der Waals surface area contributed by atoms with Crippen LogP contribution in [0.1, 0.15) is 27.7 Å². The second kappa shape index (κ2) is 6.61. The molecule has 0 bridgehead atoms. The van der Waals surface area contributed by atoms with Crippen molar-refractivity contribution >= 4 is 33.6 Å². The number of nitrogens with one attached hydrogen (secondary N) is 1. The number of rotatable bonds is 4. The van der Waals surface area contributed by atoms with Crippen LogP contribution in [0, 0.1) is 6.92 Å². The summed E-state index contributed by atoms with van der Waals surface area (Å²) in [6.07, 6.45) is 0. The summed E-state index contributed by atoms with van der Waals surface area (Å²) < 4.78 is 5.93. The molecule has 3 N–H and O–H groups in total. The number of carbonyl (C=O) groups is 2. The highest BCUT2D eigenvalue weighted by molar-refractivity contribution is 6.09. The van der Waals surface area contributed by atoms with Crippen molar-refractivity contribution in [1.29, 1.82) is 0 Å². The lowest BCUT2D eigenvalue weighted by atomic mass is 10.0. The zero-order valence-corrected chi connectivity index (χ0v) is 14.7. The Balaban J connectivity index is 1.75. The monoisotopic (exact) mass is 358 g/mol. The van der Waals surface area contributed by atoms with Gasteiger partial charge in [0.25, 0.3) is 5.91 Å². The summed E-state index contributed by atoms with van der Waals surface area (Å²) in [5, 5.41) is 5.53. The Kier molecular flexibility index (Phi) is 4.12. The van der Waals surface area contributed by atoms with Gasteiger partial charge in [0.2, 0.25) is 5.91 Å². The molecule has 0 radical (unpaired) electrons. The highest BCUT2D eigenvalue weighted by Crippen LogP contribution is 2.32. The number of primary amides is 1. The molecule has 0 spiro atoms. The molecule has 1 atom stereocenters. The number of aryl methyl sites for hydroxylation is 1. The van der Waals surface area contributed by atoms with Gasteiger partial charge < -0.3 is 15.5 Å². The SMILES string of the molecule is Cc1c(C(=O)N[C@H](C(N)=O)c2ccccc2)oc2c1ccc1ccccc12. The Morgan fingerprint density at radius 2 is 1.63 bits per heavy atom. The van der Waals surface area contributed by atoms with Crippen LogP contribution in [-0.2, 0) is 4.79 Å². The van der Waals surface area contributed by atoms with Crippen LogP contribution in [0.25, 0.3) is 21.7 Å². The number of hydrogen-bond donors (Lipinski definition) is 2. The fourth-order valence-corrected chi connectivity index (χ4v) is 3.33. The van der Waals surface area contributed by atoms with E-state index in [0.29, 0.717) is 11.1 Å². The van der Waals surface area contributed by atoms with Crippen molar-refractivity contribution in [3.63, 3.8) is 0 Å². The standard InChI is InChI=1S/C22H18N2O3/c1-13-16-12-11-14-7-5-6-10-17(14)20(16)27-19(13)22(26)24-18(21(23)25)15-8-3-2-4-9-15/h2-12,18H,1H3,(H2,23,25)(H,24,26)/t18-/m0/s1. The fourth-order valence-electron chi connectivity index (χ4n) is 3.33. The zero-order valence-electron chi connectivity index (χ0n) is 14.7. The van der Waals surface area contributed by atoms with Gasteiger partial charge in [-0.15, -0.1) is 0 Å². The third-order valence-electron chi connectivity index (χ3n) is 4.73. The van der Waals surface area contributed by atoms with Gasteiger partial charge in [0.1, 0.15) is 11.6 Å². The molecule has 4 aromatic rings. The van der Waals surface area contributed by atoms with Crippen molar-refractivity contribution in [3.8, 4) is 0 Å². The molecular weight excluding hydrogens is 340 g/mol. The number of nitrogens with two attached hydrogens (primary N) is 1. The van der Waals surface area contributed by atoms with Gasteiger partial charge in [-0.3, -0.25) is 9.59 Å². The largest absolute Gasteiger partial charge is 0.450 e. The van der Waals surface area contributed by atoms with Crippen LogP contribution >= 0.6 is 0 Å². The van der Waals surface area contributed by atoms with Gasteiger partial charge in [0.05, 0.1) is 0 Å². The Labute approximate surface area is 155 Å². The second-order valence-electron chi connectivity index (χ2n) is 6.44. The van der Waals surface area contributed by atoms with Crippen molar-refractivity contribution in [2.24, 2.45) is 5.73 Å². The molecule has 2 amide bonds. The molecule has 4 rings (SSSR count). The van der Waals surface area contributed by atoms with E-state index in [4.69, 9.17) is 10.2 Å². The normalized spacial score (nSPS) is 12.2. The summed E-state index contributed by atoms with van der Waals surface area (Å²) in [6, 6.07) is 19.7. The van der Waals surface area contributed by atoms with E-state index >= 15 is 0 Å². The van der Waals surface area contributed by atoms with E-state index in [1.54, 1.807) is 24.3 Å². The molecule has 0 saturated heterocycles. The molecule has 0 unspecified atom stereocenters. The first-order valence-electron chi connectivity index (χ1n) is 8.62. The summed E-state index contributed by atoms with van der Waals surface area (Å²) in [4.78, 5) is 24.7. The average Bonchev–Trinajstić information content (AvgIpc) is 3.03. The molecule has 5 heteroatoms. The van der Waals surface area contributed by atoms with Gasteiger partial charge in [-0.05, 0) is 17.9 Å². The Morgan fingerprint density at radius 1 is 0.926 bits per heavy atom. The van der Waals surface area contributed by atoms with E-state index in [2.05, 4.69) is 5.32 Å². The maximum Gasteiger partial charge on any atom is 0.288 e. The van der Waals surface area contributed by atoms with Gasteiger partial charge >= 0.3 is 0 Å². The maximum atomic E-state index is 12.8. The summed E-state index contributed by atoms with van der Waals surface area (Å²) in [5.41, 5.74) is 7.51. The van der Waals surface area contributed by atoms with Gasteiger partial charge in [-0.1, -0.05) is 66.7 Å². The molecule has 0 aliphatic carbocycles. The van der Waals surface area contributed by atoms with Gasteiger partial charge in [0.15, 0.2) is 5.76 Å². The first-order chi connectivity index (χ1) is 13.1. The van der Waals surface area contributed by atoms with Crippen LogP contribution in [-0.4, -0.2) is 11.8 Å². The number of hydrogen-bond acceptors (Lipinski definition) is 3. The van der Waals surface area contributed by atoms with Crippen LogP contribution in [0.3, 0.4) is 0 Å². The fraction of sp³-hybridized carbons (Fsp3) is 0.0909. The average molecular weight is 358 g/mol. The number of furan rings is 1. The lowest BCUT2D eigenvalue weighted by molar-refractivity contribution is -0.120. The summed E-state index contributed by atoms with van der Waals surface area (Å²) in [6.45, 7) is 1.83. The number of carbonyl (C=O) groups excluding carboxylic acids is 2. The van der Waals surface area contributed by atoms with Gasteiger partial charge in [0, 0.05) is 16.3 Å². The molecule has 0 fully saturated rings. The summed E-state index contributed by atoms with van der Waals surface area (Å²) >= 11 is 0. The van der Waals surface area contributed by atoms with E-state index in [1.807, 2.05) is 49.4 Å². The highest BCUT2D eigenvalue weighted by atomic mass is 16.3. The van der Waals surface area contributed by atoms with Crippen LogP contribution in [0.15, 0.2) is 71.1 Å². The molecule has 1 heterocycles. The van der Waals surface area contributed by atoms with E-state index in [0.717, 1.165) is 21.7 Å². The third-order valence-corrected chi connectivity index (χ3v) is 4.73. The molecule has 0 saturated carbocycles. The predicted molar refractivity (Wildman–Crippen MR) is 104 cm³/mol. The zero-order chi connectivity index (χ0) is 19.0. The van der Waals surface area contributed by atoms with Crippen LogP contribution in [0.4, 0.5) is 0 Å². The van der Waals surface area contributed by atoms with Gasteiger partial charge in [-0.25, -0.2) is 0 Å². The van der Waals surface area contributed by atoms with Crippen molar-refractivity contribution in [2.45, 2.75) is 13.0 Å². The van der Waals surface area contributed by atoms with Crippen molar-refractivity contribution < 1.29 is 14.0 Å². The Morgan fingerprint density at radius 3 is 2.37 bits per heavy atom. The van der Waals surface area contributed by atoms with Crippen molar-refractivity contribution in [2.75, 3.05) is 0 Å². The number of fused-ring (bicyclic) bond motifs is 3. The number of benzene rings is 3. The molecule has 0 aliphatic heterocycles. The lowest BCUT2D eigenvalue weighted by Crippen LogP contribution is -2.37. The molecule has 0 aliphatic rings. The van der Waals surface area contributed by atoms with Crippen molar-refractivity contribution in [3.05, 3.63) is 83.6 Å². The smallest absolute Gasteiger partial charge is 0.288 e. The van der Waals surface area contributed by atoms with E-state index in [9.17, 15) is 9.59 Å². The van der Waals surface area contributed by atoms with Crippen LogP contribution < -0.4 is 11.1 Å². The Bertz CT molecular complexity index is 1160. The summed E-state index contributed by atoms with van der Waals surface area (Å²) in [7, 11) is 0. The minimum absolute atomic E-state index is 0.184. The maximum absolute atomic E-state index is 12.8. The minimum atomic E-state index is -0.928. The van der Waals surface area contributed by atoms with E-state index in [-0.39, 0.29) is 5.76 Å². The predicted octanol–water partition coefficient (Wildman–Crippen LogP) is 3.85. The van der Waals surface area contributed by atoms with Gasteiger partial charge in [-0.2, -0.15) is 0 Å². The highest BCUT2D eigenvalue weighted by Gasteiger charge is 2.25. The van der Waals surface area contributed by atoms with Crippen molar-refractivity contribution in [1.82, 2.24) is 5.32 Å². The first-order valence-corrected chi connectivity index (χ1v) is 8.62. The molecule has 134 valence electrons. The van der Waals surface area contributed by atoms with E-state index in [1.165, 1.54) is 0 Å². The van der Waals surface area contributed by atoms with Crippen LogP contribution in [0.2, 0.25) is 0 Å². The third kappa shape index (κ3) is 2.93. The molecule has 5 nitrogen and oxygen atoms in total. The first kappa shape index (κ1) is 16.8. The summed E-state index contributed by atoms with van der Waals surface area (Å²) in [5.74, 6) is -0.919. The van der Waals surface area contributed by atoms with Crippen LogP contribution in [0.5, 0.6) is 0 Å². The minimum Gasteiger partial charge on any atom is -0.450 e. The Hall–Kier alpha value is -3.60. The molecule has 3 aromatic carbocycles. The lowest BCUT2D eigenvalue weighted by Gasteiger charge is -2.15. The second-order valence-corrected chi connectivity index (χ2v) is 6.44. The molecule has 27 heavy (non-hydrogen) atoms. The molecular formula is C22H18N2O3. The quantitative estimate of drug-likeness (QED) is 0.581. The topological polar surface area (TPSA) is 85.3 Å².